The number of carbonyl (C=O) groups is 1. The summed E-state index contributed by atoms with van der Waals surface area (Å²) in [5.41, 5.74) is 0.0754. The molecule has 20 heavy (non-hydrogen) atoms. The van der Waals surface area contributed by atoms with Gasteiger partial charge in [0.1, 0.15) is 0 Å². The Hall–Kier alpha value is -0.820. The van der Waals surface area contributed by atoms with Gasteiger partial charge in [0.05, 0.1) is 21.6 Å². The van der Waals surface area contributed by atoms with E-state index in [1.807, 2.05) is 0 Å². The molecule has 1 aromatic carbocycles. The third-order valence-electron chi connectivity index (χ3n) is 2.98. The van der Waals surface area contributed by atoms with Gasteiger partial charge >= 0.3 is 0 Å². The van der Waals surface area contributed by atoms with Crippen LogP contribution in [0.5, 0.6) is 0 Å². The molecule has 0 aromatic heterocycles. The van der Waals surface area contributed by atoms with E-state index in [0.29, 0.717) is 13.2 Å². The van der Waals surface area contributed by atoms with Crippen LogP contribution in [0.25, 0.3) is 0 Å². The molecule has 1 N–H and O–H groups in total. The predicted octanol–water partition coefficient (Wildman–Crippen LogP) is 2.18. The number of hydrogen-bond acceptors (Lipinski definition) is 4. The van der Waals surface area contributed by atoms with Gasteiger partial charge in [-0.25, -0.2) is 8.42 Å². The molecule has 1 fully saturated rings. The molecule has 0 bridgehead atoms. The lowest BCUT2D eigenvalue weighted by Gasteiger charge is -2.11. The molecule has 0 radical (unpaired) electrons. The molecular formula is C12H13Cl2NO4S. The van der Waals surface area contributed by atoms with E-state index in [1.54, 1.807) is 0 Å². The second kappa shape index (κ2) is 6.30. The van der Waals surface area contributed by atoms with Crippen molar-refractivity contribution in [2.24, 2.45) is 0 Å². The first kappa shape index (κ1) is 15.6. The maximum atomic E-state index is 12.0. The lowest BCUT2D eigenvalue weighted by molar-refractivity contribution is 0.0857. The lowest BCUT2D eigenvalue weighted by Crippen LogP contribution is -2.32. The second-order valence-corrected chi connectivity index (χ2v) is 7.40. The van der Waals surface area contributed by atoms with Crippen LogP contribution in [-0.2, 0) is 13.8 Å². The van der Waals surface area contributed by atoms with Crippen molar-refractivity contribution in [3.63, 3.8) is 0 Å². The predicted molar refractivity (Wildman–Crippen MR) is 75.8 cm³/mol. The maximum Gasteiger partial charge on any atom is 0.261 e. The van der Waals surface area contributed by atoms with Crippen LogP contribution < -0.4 is 5.32 Å². The quantitative estimate of drug-likeness (QED) is 0.854. The Labute approximate surface area is 126 Å². The van der Waals surface area contributed by atoms with E-state index < -0.39 is 15.0 Å². The van der Waals surface area contributed by atoms with E-state index in [9.17, 15) is 13.2 Å². The van der Waals surface area contributed by atoms with E-state index in [0.717, 1.165) is 18.9 Å². The van der Waals surface area contributed by atoms with Gasteiger partial charge in [0.15, 0.2) is 0 Å². The highest BCUT2D eigenvalue weighted by molar-refractivity contribution is 8.13. The minimum atomic E-state index is -3.90. The van der Waals surface area contributed by atoms with Gasteiger partial charge in [-0.1, -0.05) is 11.6 Å². The molecule has 1 unspecified atom stereocenters. The molecule has 0 spiro atoms. The molecule has 1 aromatic rings. The Morgan fingerprint density at radius 1 is 1.45 bits per heavy atom. The van der Waals surface area contributed by atoms with Crippen LogP contribution in [-0.4, -0.2) is 33.6 Å². The monoisotopic (exact) mass is 337 g/mol. The van der Waals surface area contributed by atoms with E-state index in [-0.39, 0.29) is 21.6 Å². The molecule has 2 rings (SSSR count). The van der Waals surface area contributed by atoms with Gasteiger partial charge in [0.2, 0.25) is 0 Å². The average molecular weight is 338 g/mol. The highest BCUT2D eigenvalue weighted by Gasteiger charge is 2.19. The summed E-state index contributed by atoms with van der Waals surface area (Å²) in [6, 6.07) is 3.74. The van der Waals surface area contributed by atoms with Crippen LogP contribution in [0.1, 0.15) is 23.2 Å². The Balaban J connectivity index is 2.12. The normalized spacial score (nSPS) is 19.0. The molecule has 1 aliphatic rings. The molecule has 1 heterocycles. The zero-order valence-electron chi connectivity index (χ0n) is 10.4. The highest BCUT2D eigenvalue weighted by Crippen LogP contribution is 2.23. The highest BCUT2D eigenvalue weighted by atomic mass is 35.7. The number of halogens is 2. The van der Waals surface area contributed by atoms with E-state index in [4.69, 9.17) is 27.0 Å². The standard InChI is InChI=1S/C12H13Cl2NO4S/c13-11-4-3-9(20(14,17)18)6-10(11)12(16)15-7-8-2-1-5-19-8/h3-4,6,8H,1-2,5,7H2,(H,15,16). The van der Waals surface area contributed by atoms with Crippen molar-refractivity contribution in [2.45, 2.75) is 23.8 Å². The second-order valence-electron chi connectivity index (χ2n) is 4.42. The molecule has 1 aliphatic heterocycles. The van der Waals surface area contributed by atoms with Crippen molar-refractivity contribution in [1.29, 1.82) is 0 Å². The smallest absolute Gasteiger partial charge is 0.261 e. The van der Waals surface area contributed by atoms with Crippen molar-refractivity contribution in [1.82, 2.24) is 5.32 Å². The van der Waals surface area contributed by atoms with Gasteiger partial charge in [-0.2, -0.15) is 0 Å². The van der Waals surface area contributed by atoms with Crippen LogP contribution in [0.3, 0.4) is 0 Å². The number of carbonyl (C=O) groups excluding carboxylic acids is 1. The average Bonchev–Trinajstić information content (AvgIpc) is 2.88. The van der Waals surface area contributed by atoms with Gasteiger partial charge in [-0.3, -0.25) is 4.79 Å². The van der Waals surface area contributed by atoms with Crippen molar-refractivity contribution in [3.05, 3.63) is 28.8 Å². The molecule has 0 aliphatic carbocycles. The number of rotatable bonds is 4. The van der Waals surface area contributed by atoms with Crippen molar-refractivity contribution in [3.8, 4) is 0 Å². The summed E-state index contributed by atoms with van der Waals surface area (Å²) in [6.45, 7) is 1.06. The number of amides is 1. The van der Waals surface area contributed by atoms with Crippen LogP contribution in [0, 0.1) is 0 Å². The summed E-state index contributed by atoms with van der Waals surface area (Å²) in [7, 11) is 1.35. The Kier molecular flexibility index (Phi) is 4.90. The third kappa shape index (κ3) is 3.85. The molecule has 110 valence electrons. The molecule has 1 saturated heterocycles. The van der Waals surface area contributed by atoms with Gasteiger partial charge < -0.3 is 10.1 Å². The largest absolute Gasteiger partial charge is 0.376 e. The summed E-state index contributed by atoms with van der Waals surface area (Å²) in [5, 5.41) is 2.84. The third-order valence-corrected chi connectivity index (χ3v) is 4.66. The minimum absolute atomic E-state index is 0.00216. The molecular weight excluding hydrogens is 325 g/mol. The first-order valence-corrected chi connectivity index (χ1v) is 8.70. The fourth-order valence-corrected chi connectivity index (χ4v) is 2.92. The van der Waals surface area contributed by atoms with Crippen molar-refractivity contribution < 1.29 is 17.9 Å². The molecule has 1 amide bonds. The number of nitrogens with one attached hydrogen (secondary N) is 1. The zero-order valence-corrected chi connectivity index (χ0v) is 12.8. The van der Waals surface area contributed by atoms with E-state index >= 15 is 0 Å². The number of benzene rings is 1. The summed E-state index contributed by atoms with van der Waals surface area (Å²) < 4.78 is 27.9. The summed E-state index contributed by atoms with van der Waals surface area (Å²) in [6.07, 6.45) is 1.86. The van der Waals surface area contributed by atoms with Gasteiger partial charge in [-0.05, 0) is 31.0 Å². The number of ether oxygens (including phenoxy) is 1. The summed E-state index contributed by atoms with van der Waals surface area (Å²) in [5.74, 6) is -0.451. The SMILES string of the molecule is O=C(NCC1CCCO1)c1cc(S(=O)(=O)Cl)ccc1Cl. The van der Waals surface area contributed by atoms with Crippen molar-refractivity contribution >= 4 is 37.2 Å². The van der Waals surface area contributed by atoms with Crippen LogP contribution in [0.4, 0.5) is 0 Å². The first-order chi connectivity index (χ1) is 9.38. The Bertz CT molecular complexity index is 612. The molecule has 1 atom stereocenters. The fraction of sp³-hybridized carbons (Fsp3) is 0.417. The van der Waals surface area contributed by atoms with Gasteiger partial charge in [-0.15, -0.1) is 0 Å². The minimum Gasteiger partial charge on any atom is -0.376 e. The lowest BCUT2D eigenvalue weighted by atomic mass is 10.2. The number of hydrogen-bond donors (Lipinski definition) is 1. The van der Waals surface area contributed by atoms with Crippen molar-refractivity contribution in [2.75, 3.05) is 13.2 Å². The summed E-state index contributed by atoms with van der Waals surface area (Å²) in [4.78, 5) is 11.9. The molecule has 0 saturated carbocycles. The van der Waals surface area contributed by atoms with Crippen LogP contribution in [0.15, 0.2) is 23.1 Å². The van der Waals surface area contributed by atoms with Gasteiger partial charge in [0.25, 0.3) is 15.0 Å². The van der Waals surface area contributed by atoms with Crippen LogP contribution >= 0.6 is 22.3 Å². The first-order valence-electron chi connectivity index (χ1n) is 6.02. The zero-order chi connectivity index (χ0) is 14.8. The van der Waals surface area contributed by atoms with E-state index in [2.05, 4.69) is 5.32 Å². The maximum absolute atomic E-state index is 12.0. The fourth-order valence-electron chi connectivity index (χ4n) is 1.94. The van der Waals surface area contributed by atoms with Crippen LogP contribution in [0.2, 0.25) is 5.02 Å². The summed E-state index contributed by atoms with van der Waals surface area (Å²) >= 11 is 5.91. The Morgan fingerprint density at radius 3 is 2.80 bits per heavy atom. The molecule has 5 nitrogen and oxygen atoms in total. The van der Waals surface area contributed by atoms with E-state index in [1.165, 1.54) is 12.1 Å². The molecule has 8 heteroatoms. The Morgan fingerprint density at radius 2 is 2.20 bits per heavy atom. The topological polar surface area (TPSA) is 72.5 Å². The van der Waals surface area contributed by atoms with Gasteiger partial charge in [0, 0.05) is 23.8 Å².